The molecule has 0 aliphatic carbocycles. The van der Waals surface area contributed by atoms with E-state index in [1.807, 2.05) is 6.92 Å². The van der Waals surface area contributed by atoms with Gasteiger partial charge in [0.05, 0.1) is 6.61 Å². The largest absolute Gasteiger partial charge is 0.492 e. The van der Waals surface area contributed by atoms with E-state index in [2.05, 4.69) is 0 Å². The van der Waals surface area contributed by atoms with Gasteiger partial charge in [0.15, 0.2) is 0 Å². The summed E-state index contributed by atoms with van der Waals surface area (Å²) >= 11 is -3.40. The lowest BCUT2D eigenvalue weighted by Crippen LogP contribution is -1.96. The average molecular weight is 294 g/mol. The lowest BCUT2D eigenvalue weighted by atomic mass is 10.3. The molecule has 0 aliphatic rings. The molecule has 1 rings (SSSR count). The van der Waals surface area contributed by atoms with E-state index in [4.69, 9.17) is 4.74 Å². The van der Waals surface area contributed by atoms with Crippen molar-refractivity contribution < 1.29 is 10.9 Å². The summed E-state index contributed by atoms with van der Waals surface area (Å²) in [5.41, 5.74) is 0. The average Bonchev–Trinajstić information content (AvgIpc) is 2.15. The number of para-hydroxylation sites is 1. The van der Waals surface area contributed by atoms with Crippen molar-refractivity contribution in [3.8, 4) is 5.75 Å². The summed E-state index contributed by atoms with van der Waals surface area (Å²) in [4.78, 5) is 0. The molecule has 0 fully saturated rings. The first-order chi connectivity index (χ1) is 6.25. The van der Waals surface area contributed by atoms with E-state index >= 15 is 0 Å². The molecule has 0 aromatic heterocycles. The maximum atomic E-state index is 10.8. The second-order valence-corrected chi connectivity index (χ2v) is 4.90. The van der Waals surface area contributed by atoms with Crippen LogP contribution in [0.3, 0.4) is 0 Å². The number of halogens is 1. The van der Waals surface area contributed by atoms with Crippen LogP contribution in [0.15, 0.2) is 24.3 Å². The molecule has 0 amide bonds. The van der Waals surface area contributed by atoms with Gasteiger partial charge in [-0.1, -0.05) is 19.1 Å². The Balaban J connectivity index is 2.91. The topological polar surface area (TPSA) is 43.4 Å². The van der Waals surface area contributed by atoms with Gasteiger partial charge in [0.25, 0.3) is 0 Å². The molecule has 0 unspecified atom stereocenters. The third kappa shape index (κ3) is 2.95. The highest BCUT2D eigenvalue weighted by Gasteiger charge is 2.06. The first-order valence-electron chi connectivity index (χ1n) is 4.02. The van der Waals surface area contributed by atoms with Crippen LogP contribution in [-0.4, -0.2) is 6.61 Å². The van der Waals surface area contributed by atoms with Crippen molar-refractivity contribution >= 4 is 19.8 Å². The van der Waals surface area contributed by atoms with E-state index in [-0.39, 0.29) is 0 Å². The minimum absolute atomic E-state index is 0.347. The molecule has 0 bridgehead atoms. The zero-order chi connectivity index (χ0) is 9.68. The second kappa shape index (κ2) is 5.16. The Bertz CT molecular complexity index is 336. The quantitative estimate of drug-likeness (QED) is 0.802. The van der Waals surface area contributed by atoms with Crippen molar-refractivity contribution in [2.45, 2.75) is 13.3 Å². The molecular weight excluding hydrogens is 283 g/mol. The molecule has 0 aliphatic heterocycles. The number of rotatable bonds is 4. The molecule has 0 N–H and O–H groups in total. The molecule has 72 valence electrons. The number of benzene rings is 1. The van der Waals surface area contributed by atoms with Crippen LogP contribution in [0.2, 0.25) is 0 Å². The first kappa shape index (κ1) is 10.4. The molecule has 3 nitrogen and oxygen atoms in total. The molecule has 0 heterocycles. The van der Waals surface area contributed by atoms with Gasteiger partial charge in [-0.25, -0.2) is 6.14 Å². The Labute approximate surface area is 84.3 Å². The molecule has 0 atom stereocenters. The summed E-state index contributed by atoms with van der Waals surface area (Å²) < 4.78 is 27.3. The third-order valence-electron chi connectivity index (χ3n) is 1.46. The zero-order valence-corrected chi connectivity index (χ0v) is 9.48. The SMILES string of the molecule is CCCOc1ccccc1I(=O)=O. The van der Waals surface area contributed by atoms with E-state index in [1.165, 1.54) is 0 Å². The van der Waals surface area contributed by atoms with Crippen molar-refractivity contribution in [1.82, 2.24) is 0 Å². The lowest BCUT2D eigenvalue weighted by Gasteiger charge is -2.04. The Morgan fingerprint density at radius 2 is 2.00 bits per heavy atom. The van der Waals surface area contributed by atoms with E-state index in [1.54, 1.807) is 24.3 Å². The Morgan fingerprint density at radius 1 is 1.31 bits per heavy atom. The molecule has 1 aromatic carbocycles. The fraction of sp³-hybridized carbons (Fsp3) is 0.333. The fourth-order valence-corrected chi connectivity index (χ4v) is 2.17. The molecule has 13 heavy (non-hydrogen) atoms. The van der Waals surface area contributed by atoms with Crippen molar-refractivity contribution in [3.63, 3.8) is 0 Å². The van der Waals surface area contributed by atoms with Crippen LogP contribution in [0.5, 0.6) is 5.75 Å². The van der Waals surface area contributed by atoms with Gasteiger partial charge in [0.2, 0.25) is 0 Å². The van der Waals surface area contributed by atoms with Gasteiger partial charge >= 0.3 is 19.8 Å². The second-order valence-electron chi connectivity index (χ2n) is 2.50. The van der Waals surface area contributed by atoms with E-state index in [0.29, 0.717) is 15.9 Å². The summed E-state index contributed by atoms with van der Waals surface area (Å²) in [5, 5.41) is 0. The van der Waals surface area contributed by atoms with Gasteiger partial charge < -0.3 is 4.74 Å². The summed E-state index contributed by atoms with van der Waals surface area (Å²) in [5.74, 6) is 0.486. The van der Waals surface area contributed by atoms with E-state index < -0.39 is 19.8 Å². The van der Waals surface area contributed by atoms with Crippen molar-refractivity contribution in [2.75, 3.05) is 6.61 Å². The van der Waals surface area contributed by atoms with Gasteiger partial charge in [-0.2, -0.15) is 0 Å². The minimum Gasteiger partial charge on any atom is -0.492 e. The molecule has 0 saturated heterocycles. The van der Waals surface area contributed by atoms with Gasteiger partial charge in [-0.05, 0) is 18.6 Å². The van der Waals surface area contributed by atoms with Crippen molar-refractivity contribution in [3.05, 3.63) is 27.8 Å². The molecule has 1 aromatic rings. The van der Waals surface area contributed by atoms with E-state index in [9.17, 15) is 6.14 Å². The molecular formula is C9H11IO3. The number of ether oxygens (including phenoxy) is 1. The maximum absolute atomic E-state index is 10.8. The fourth-order valence-electron chi connectivity index (χ4n) is 0.901. The van der Waals surface area contributed by atoms with Crippen LogP contribution in [-0.2, 0) is 6.14 Å². The normalized spacial score (nSPS) is 10.3. The third-order valence-corrected chi connectivity index (χ3v) is 3.30. The van der Waals surface area contributed by atoms with Gasteiger partial charge in [0.1, 0.15) is 9.32 Å². The van der Waals surface area contributed by atoms with Gasteiger partial charge in [-0.15, -0.1) is 0 Å². The number of hydrogen-bond acceptors (Lipinski definition) is 3. The van der Waals surface area contributed by atoms with Crippen LogP contribution in [0.4, 0.5) is 0 Å². The van der Waals surface area contributed by atoms with Crippen molar-refractivity contribution in [1.29, 1.82) is 0 Å². The Kier molecular flexibility index (Phi) is 4.14. The maximum Gasteiger partial charge on any atom is 0.344 e. The van der Waals surface area contributed by atoms with Crippen LogP contribution in [0.1, 0.15) is 13.3 Å². The summed E-state index contributed by atoms with van der Waals surface area (Å²) in [6.45, 7) is 2.54. The molecule has 0 spiro atoms. The Hall–Kier alpha value is -0.650. The lowest BCUT2D eigenvalue weighted by molar-refractivity contribution is 0.315. The monoisotopic (exact) mass is 294 g/mol. The van der Waals surface area contributed by atoms with Crippen LogP contribution in [0, 0.1) is 3.57 Å². The van der Waals surface area contributed by atoms with E-state index in [0.717, 1.165) is 6.42 Å². The zero-order valence-electron chi connectivity index (χ0n) is 7.33. The molecule has 4 heteroatoms. The standard InChI is InChI=1S/C9H11IO3/c1-2-7-13-9-6-4-3-5-8(9)10(11)12/h3-6H,2,7H2,1H3. The molecule has 0 saturated carbocycles. The first-order valence-corrected chi connectivity index (χ1v) is 6.87. The Morgan fingerprint density at radius 3 is 2.62 bits per heavy atom. The summed E-state index contributed by atoms with van der Waals surface area (Å²) in [7, 11) is 0. The smallest absolute Gasteiger partial charge is 0.344 e. The predicted octanol–water partition coefficient (Wildman–Crippen LogP) is 2.84. The van der Waals surface area contributed by atoms with Gasteiger partial charge in [0, 0.05) is 0 Å². The highest BCUT2D eigenvalue weighted by Crippen LogP contribution is 2.27. The highest BCUT2D eigenvalue weighted by molar-refractivity contribution is 14.2. The predicted molar refractivity (Wildman–Crippen MR) is 56.3 cm³/mol. The van der Waals surface area contributed by atoms with Crippen LogP contribution >= 0.6 is 19.8 Å². The summed E-state index contributed by atoms with van der Waals surface area (Å²) in [6, 6.07) is 6.74. The molecule has 0 radical (unpaired) electrons. The highest BCUT2D eigenvalue weighted by atomic mass is 127. The van der Waals surface area contributed by atoms with Crippen LogP contribution < -0.4 is 4.74 Å². The minimum atomic E-state index is -3.40. The number of hydrogen-bond donors (Lipinski definition) is 0. The van der Waals surface area contributed by atoms with Crippen molar-refractivity contribution in [2.24, 2.45) is 0 Å². The summed E-state index contributed by atoms with van der Waals surface area (Å²) in [6.07, 6.45) is 0.875. The van der Waals surface area contributed by atoms with Gasteiger partial charge in [-0.3, -0.25) is 0 Å². The van der Waals surface area contributed by atoms with Crippen LogP contribution in [0.25, 0.3) is 0 Å².